The Balaban J connectivity index is 1.57. The summed E-state index contributed by atoms with van der Waals surface area (Å²) in [4.78, 5) is 29.7. The first-order chi connectivity index (χ1) is 19.2. The number of benzene rings is 1. The van der Waals surface area contributed by atoms with Gasteiger partial charge in [0.15, 0.2) is 28.1 Å². The minimum Gasteiger partial charge on any atom is -0.484 e. The van der Waals surface area contributed by atoms with Gasteiger partial charge < -0.3 is 15.4 Å². The molecular formula is C25H22F4N6O5S. The lowest BCUT2D eigenvalue weighted by Gasteiger charge is -2.23. The predicted octanol–water partition coefficient (Wildman–Crippen LogP) is 2.49. The maximum atomic E-state index is 14.0. The molecule has 2 N–H and O–H groups in total. The van der Waals surface area contributed by atoms with Crippen LogP contribution in [0, 0.1) is 17.1 Å². The molecule has 4 rings (SSSR count). The summed E-state index contributed by atoms with van der Waals surface area (Å²) in [5, 5.41) is 18.6. The Bertz CT molecular complexity index is 1630. The Kier molecular flexibility index (Phi) is 8.29. The number of nitrogens with one attached hydrogen (secondary N) is 2. The number of carbonyl (C=O) groups is 2. The SMILES string of the molecule is CS(=O)(=O)CC(=O)Nc1c2c(nn1-c1ccc(C#N)cn1)C[C@H](CCc1cc(F)cc(OCC(F)(F)F)c1)NC2=O. The number of alkyl halides is 3. The molecule has 216 valence electrons. The third kappa shape index (κ3) is 7.78. The zero-order chi connectivity index (χ0) is 29.9. The van der Waals surface area contributed by atoms with Crippen LogP contribution in [0.4, 0.5) is 23.4 Å². The van der Waals surface area contributed by atoms with E-state index < -0.39 is 52.0 Å². The van der Waals surface area contributed by atoms with E-state index in [0.29, 0.717) is 5.56 Å². The van der Waals surface area contributed by atoms with Crippen molar-refractivity contribution in [1.82, 2.24) is 20.1 Å². The first-order valence-corrected chi connectivity index (χ1v) is 14.0. The van der Waals surface area contributed by atoms with Crippen molar-refractivity contribution in [2.45, 2.75) is 31.5 Å². The van der Waals surface area contributed by atoms with Crippen LogP contribution in [0.25, 0.3) is 5.82 Å². The number of nitriles is 1. The number of sulfone groups is 1. The van der Waals surface area contributed by atoms with Gasteiger partial charge in [0.2, 0.25) is 5.91 Å². The number of nitrogens with zero attached hydrogens (tertiary/aromatic N) is 4. The summed E-state index contributed by atoms with van der Waals surface area (Å²) in [6.07, 6.45) is -1.86. The molecule has 0 saturated heterocycles. The number of carbonyl (C=O) groups excluding carboxylic acids is 2. The molecule has 0 unspecified atom stereocenters. The van der Waals surface area contributed by atoms with Crippen LogP contribution in [0.15, 0.2) is 36.5 Å². The van der Waals surface area contributed by atoms with E-state index in [-0.39, 0.29) is 53.5 Å². The molecule has 41 heavy (non-hydrogen) atoms. The van der Waals surface area contributed by atoms with Gasteiger partial charge in [-0.1, -0.05) is 0 Å². The Morgan fingerprint density at radius 1 is 1.29 bits per heavy atom. The highest BCUT2D eigenvalue weighted by Crippen LogP contribution is 2.29. The Morgan fingerprint density at radius 3 is 2.68 bits per heavy atom. The molecule has 2 amide bonds. The number of pyridine rings is 1. The molecule has 2 aromatic heterocycles. The summed E-state index contributed by atoms with van der Waals surface area (Å²) in [5.41, 5.74) is 0.842. The Labute approximate surface area is 231 Å². The molecule has 0 fully saturated rings. The maximum absolute atomic E-state index is 14.0. The third-order valence-electron chi connectivity index (χ3n) is 5.82. The fourth-order valence-electron chi connectivity index (χ4n) is 4.18. The van der Waals surface area contributed by atoms with E-state index in [9.17, 15) is 35.6 Å². The van der Waals surface area contributed by atoms with Gasteiger partial charge in [-0.3, -0.25) is 9.59 Å². The van der Waals surface area contributed by atoms with E-state index in [2.05, 4.69) is 25.5 Å². The second-order valence-corrected chi connectivity index (χ2v) is 11.5. The van der Waals surface area contributed by atoms with E-state index in [4.69, 9.17) is 5.26 Å². The summed E-state index contributed by atoms with van der Waals surface area (Å²) in [6.45, 7) is -1.57. The third-order valence-corrected chi connectivity index (χ3v) is 6.61. The summed E-state index contributed by atoms with van der Waals surface area (Å²) in [6, 6.07) is 7.54. The van der Waals surface area contributed by atoms with Gasteiger partial charge in [-0.05, 0) is 42.7 Å². The number of aryl methyl sites for hydroxylation is 1. The van der Waals surface area contributed by atoms with Gasteiger partial charge in [0.05, 0.1) is 11.3 Å². The van der Waals surface area contributed by atoms with Crippen molar-refractivity contribution in [3.05, 3.63) is 64.7 Å². The van der Waals surface area contributed by atoms with Gasteiger partial charge in [-0.25, -0.2) is 17.8 Å². The van der Waals surface area contributed by atoms with Crippen LogP contribution in [-0.4, -0.2) is 65.8 Å². The van der Waals surface area contributed by atoms with Crippen molar-refractivity contribution in [1.29, 1.82) is 5.26 Å². The fraction of sp³-hybridized carbons (Fsp3) is 0.320. The zero-order valence-electron chi connectivity index (χ0n) is 21.3. The number of aromatic nitrogens is 3. The smallest absolute Gasteiger partial charge is 0.422 e. The van der Waals surface area contributed by atoms with Gasteiger partial charge in [0, 0.05) is 31.0 Å². The van der Waals surface area contributed by atoms with Crippen LogP contribution in [0.5, 0.6) is 5.75 Å². The quantitative estimate of drug-likeness (QED) is 0.358. The van der Waals surface area contributed by atoms with Gasteiger partial charge in [0.25, 0.3) is 5.91 Å². The summed E-state index contributed by atoms with van der Waals surface area (Å²) >= 11 is 0. The van der Waals surface area contributed by atoms with Crippen LogP contribution in [-0.2, 0) is 27.5 Å². The number of hydrogen-bond acceptors (Lipinski definition) is 8. The maximum Gasteiger partial charge on any atom is 0.422 e. The topological polar surface area (TPSA) is 156 Å². The van der Waals surface area contributed by atoms with Crippen molar-refractivity contribution >= 4 is 27.5 Å². The average Bonchev–Trinajstić information content (AvgIpc) is 3.23. The van der Waals surface area contributed by atoms with Crippen LogP contribution < -0.4 is 15.4 Å². The molecule has 0 bridgehead atoms. The molecule has 11 nitrogen and oxygen atoms in total. The Morgan fingerprint density at radius 2 is 2.05 bits per heavy atom. The molecule has 1 aliphatic rings. The zero-order valence-corrected chi connectivity index (χ0v) is 22.1. The largest absolute Gasteiger partial charge is 0.484 e. The second-order valence-electron chi connectivity index (χ2n) is 9.33. The molecule has 0 radical (unpaired) electrons. The number of anilines is 1. The number of halogens is 4. The minimum absolute atomic E-state index is 0.0112. The summed E-state index contributed by atoms with van der Waals surface area (Å²) in [7, 11) is -3.69. The van der Waals surface area contributed by atoms with Crippen LogP contribution in [0.1, 0.15) is 33.6 Å². The first kappa shape index (κ1) is 29.5. The standard InChI is InChI=1S/C25H22F4N6O5S/c1-41(38,39)12-21(36)33-23-22-19(34-35(23)20-5-3-15(10-30)11-31-20)9-17(32-24(22)37)4-2-14-6-16(26)8-18(7-14)40-13-25(27,28)29/h3,5-8,11,17H,2,4,9,12-13H2,1H3,(H,32,37)(H,33,36)/t17-/m0/s1. The molecule has 3 heterocycles. The first-order valence-electron chi connectivity index (χ1n) is 12.0. The highest BCUT2D eigenvalue weighted by atomic mass is 32.2. The predicted molar refractivity (Wildman–Crippen MR) is 136 cm³/mol. The van der Waals surface area contributed by atoms with E-state index in [0.717, 1.165) is 23.1 Å². The summed E-state index contributed by atoms with van der Waals surface area (Å²) < 4.78 is 80.4. The molecule has 0 spiro atoms. The molecular weight excluding hydrogens is 572 g/mol. The molecule has 1 aromatic carbocycles. The van der Waals surface area contributed by atoms with E-state index in [1.807, 2.05) is 6.07 Å². The number of ether oxygens (including phenoxy) is 1. The van der Waals surface area contributed by atoms with Crippen molar-refractivity contribution in [3.8, 4) is 17.6 Å². The van der Waals surface area contributed by atoms with Gasteiger partial charge >= 0.3 is 6.18 Å². The molecule has 3 aromatic rings. The fourth-order valence-corrected chi connectivity index (χ4v) is 4.73. The van der Waals surface area contributed by atoms with Crippen molar-refractivity contribution < 1.29 is 40.3 Å². The number of rotatable bonds is 9. The van der Waals surface area contributed by atoms with Gasteiger partial charge in [0.1, 0.15) is 29.0 Å². The molecule has 0 aliphatic carbocycles. The van der Waals surface area contributed by atoms with Crippen LogP contribution in [0.3, 0.4) is 0 Å². The van der Waals surface area contributed by atoms with Crippen LogP contribution in [0.2, 0.25) is 0 Å². The van der Waals surface area contributed by atoms with Crippen molar-refractivity contribution in [2.75, 3.05) is 23.9 Å². The van der Waals surface area contributed by atoms with E-state index >= 15 is 0 Å². The Hall–Kier alpha value is -4.52. The van der Waals surface area contributed by atoms with Crippen LogP contribution >= 0.6 is 0 Å². The molecule has 1 atom stereocenters. The molecule has 0 saturated carbocycles. The van der Waals surface area contributed by atoms with E-state index in [1.54, 1.807) is 0 Å². The van der Waals surface area contributed by atoms with Gasteiger partial charge in [-0.15, -0.1) is 0 Å². The average molecular weight is 595 g/mol. The number of hydrogen-bond donors (Lipinski definition) is 2. The lowest BCUT2D eigenvalue weighted by molar-refractivity contribution is -0.153. The normalized spacial score (nSPS) is 15.0. The molecule has 1 aliphatic heterocycles. The summed E-state index contributed by atoms with van der Waals surface area (Å²) in [5.74, 6) is -3.41. The monoisotopic (exact) mass is 594 g/mol. The van der Waals surface area contributed by atoms with Gasteiger partial charge in [-0.2, -0.15) is 28.2 Å². The van der Waals surface area contributed by atoms with Crippen molar-refractivity contribution in [2.24, 2.45) is 0 Å². The second kappa shape index (κ2) is 11.5. The molecule has 16 heteroatoms. The van der Waals surface area contributed by atoms with Crippen molar-refractivity contribution in [3.63, 3.8) is 0 Å². The number of fused-ring (bicyclic) bond motifs is 1. The lowest BCUT2D eigenvalue weighted by Crippen LogP contribution is -2.41. The highest BCUT2D eigenvalue weighted by Gasteiger charge is 2.33. The lowest BCUT2D eigenvalue weighted by atomic mass is 9.96. The number of amides is 2. The van der Waals surface area contributed by atoms with E-state index in [1.165, 1.54) is 24.4 Å². The minimum atomic E-state index is -4.59. The highest BCUT2D eigenvalue weighted by molar-refractivity contribution is 7.91.